The fourth-order valence-corrected chi connectivity index (χ4v) is 1.85. The number of nitrogens with one attached hydrogen (secondary N) is 3. The van der Waals surface area contributed by atoms with Gasteiger partial charge in [-0.1, -0.05) is 23.7 Å². The van der Waals surface area contributed by atoms with Crippen molar-refractivity contribution in [1.29, 1.82) is 0 Å². The lowest BCUT2D eigenvalue weighted by atomic mass is 10.1. The van der Waals surface area contributed by atoms with Crippen LogP contribution in [0.2, 0.25) is 5.02 Å². The minimum Gasteiger partial charge on any atom is -0.357 e. The second kappa shape index (κ2) is 8.90. The van der Waals surface area contributed by atoms with Crippen LogP contribution < -0.4 is 16.0 Å². The lowest BCUT2D eigenvalue weighted by molar-refractivity contribution is 0.428. The van der Waals surface area contributed by atoms with Gasteiger partial charge in [-0.2, -0.15) is 0 Å². The van der Waals surface area contributed by atoms with E-state index in [1.807, 2.05) is 24.3 Å². The van der Waals surface area contributed by atoms with Gasteiger partial charge in [0.05, 0.1) is 6.54 Å². The second-order valence-electron chi connectivity index (χ2n) is 5.93. The molecule has 0 aliphatic heterocycles. The predicted octanol–water partition coefficient (Wildman–Crippen LogP) is 2.78. The molecular formula is C16H27ClN4. The molecular weight excluding hydrogens is 284 g/mol. The Labute approximate surface area is 133 Å². The predicted molar refractivity (Wildman–Crippen MR) is 92.0 cm³/mol. The zero-order chi connectivity index (χ0) is 15.7. The van der Waals surface area contributed by atoms with Gasteiger partial charge in [0.1, 0.15) is 0 Å². The van der Waals surface area contributed by atoms with E-state index in [0.717, 1.165) is 36.2 Å². The minimum absolute atomic E-state index is 0.139. The summed E-state index contributed by atoms with van der Waals surface area (Å²) >= 11 is 5.88. The first-order valence-corrected chi connectivity index (χ1v) is 7.80. The summed E-state index contributed by atoms with van der Waals surface area (Å²) in [5.41, 5.74) is 1.28. The number of benzene rings is 1. The smallest absolute Gasteiger partial charge is 0.191 e. The molecule has 0 radical (unpaired) electrons. The van der Waals surface area contributed by atoms with Gasteiger partial charge in [0.25, 0.3) is 0 Å². The average Bonchev–Trinajstić information content (AvgIpc) is 2.41. The molecule has 0 saturated heterocycles. The number of rotatable bonds is 6. The largest absolute Gasteiger partial charge is 0.357 e. The highest BCUT2D eigenvalue weighted by Crippen LogP contribution is 2.10. The average molecular weight is 311 g/mol. The molecule has 0 fully saturated rings. The molecule has 0 unspecified atom stereocenters. The van der Waals surface area contributed by atoms with Crippen LogP contribution in [-0.2, 0) is 6.54 Å². The van der Waals surface area contributed by atoms with Crippen LogP contribution in [0.1, 0.15) is 33.3 Å². The highest BCUT2D eigenvalue weighted by atomic mass is 35.5. The van der Waals surface area contributed by atoms with Crippen LogP contribution >= 0.6 is 11.6 Å². The number of guanidine groups is 1. The second-order valence-corrected chi connectivity index (χ2v) is 6.36. The molecule has 0 saturated carbocycles. The van der Waals surface area contributed by atoms with Crippen molar-refractivity contribution in [3.05, 3.63) is 34.9 Å². The SMILES string of the molecule is CCNC(=NCc1ccc(Cl)cc1)NCCNC(C)(C)C. The molecule has 0 atom stereocenters. The van der Waals surface area contributed by atoms with Crippen LogP contribution in [0.15, 0.2) is 29.3 Å². The lowest BCUT2D eigenvalue weighted by Gasteiger charge is -2.21. The van der Waals surface area contributed by atoms with E-state index in [4.69, 9.17) is 11.6 Å². The molecule has 0 aliphatic rings. The minimum atomic E-state index is 0.139. The molecule has 21 heavy (non-hydrogen) atoms. The summed E-state index contributed by atoms with van der Waals surface area (Å²) < 4.78 is 0. The Kier molecular flexibility index (Phi) is 7.54. The molecule has 0 bridgehead atoms. The molecule has 4 nitrogen and oxygen atoms in total. The van der Waals surface area contributed by atoms with Crippen molar-refractivity contribution < 1.29 is 0 Å². The van der Waals surface area contributed by atoms with Gasteiger partial charge in [-0.25, -0.2) is 4.99 Å². The number of nitrogens with zero attached hydrogens (tertiary/aromatic N) is 1. The Balaban J connectivity index is 2.44. The van der Waals surface area contributed by atoms with Crippen LogP contribution in [0, 0.1) is 0 Å². The normalized spacial score (nSPS) is 12.3. The molecule has 1 aromatic rings. The molecule has 118 valence electrons. The maximum Gasteiger partial charge on any atom is 0.191 e. The third-order valence-electron chi connectivity index (χ3n) is 2.75. The van der Waals surface area contributed by atoms with Gasteiger partial charge in [0.2, 0.25) is 0 Å². The summed E-state index contributed by atoms with van der Waals surface area (Å²) in [6, 6.07) is 7.77. The third-order valence-corrected chi connectivity index (χ3v) is 3.00. The van der Waals surface area contributed by atoms with Gasteiger partial charge in [-0.05, 0) is 45.4 Å². The van der Waals surface area contributed by atoms with Crippen molar-refractivity contribution in [1.82, 2.24) is 16.0 Å². The first-order valence-electron chi connectivity index (χ1n) is 7.42. The fraction of sp³-hybridized carbons (Fsp3) is 0.562. The van der Waals surface area contributed by atoms with Crippen LogP contribution in [0.3, 0.4) is 0 Å². The van der Waals surface area contributed by atoms with Gasteiger partial charge in [0.15, 0.2) is 5.96 Å². The van der Waals surface area contributed by atoms with E-state index in [1.165, 1.54) is 0 Å². The van der Waals surface area contributed by atoms with Crippen molar-refractivity contribution in [2.24, 2.45) is 4.99 Å². The molecule has 5 heteroatoms. The van der Waals surface area contributed by atoms with Crippen molar-refractivity contribution in [3.63, 3.8) is 0 Å². The van der Waals surface area contributed by atoms with E-state index < -0.39 is 0 Å². The maximum absolute atomic E-state index is 5.88. The molecule has 0 aliphatic carbocycles. The Bertz CT molecular complexity index is 435. The van der Waals surface area contributed by atoms with Crippen molar-refractivity contribution in [2.75, 3.05) is 19.6 Å². The Morgan fingerprint density at radius 1 is 1.10 bits per heavy atom. The molecule has 3 N–H and O–H groups in total. The number of hydrogen-bond acceptors (Lipinski definition) is 2. The molecule has 0 spiro atoms. The van der Waals surface area contributed by atoms with Gasteiger partial charge >= 0.3 is 0 Å². The first kappa shape index (κ1) is 17.8. The van der Waals surface area contributed by atoms with Crippen LogP contribution in [0.25, 0.3) is 0 Å². The van der Waals surface area contributed by atoms with E-state index >= 15 is 0 Å². The summed E-state index contributed by atoms with van der Waals surface area (Å²) in [4.78, 5) is 4.57. The third kappa shape index (κ3) is 8.58. The van der Waals surface area contributed by atoms with Crippen LogP contribution in [-0.4, -0.2) is 31.1 Å². The van der Waals surface area contributed by atoms with E-state index in [9.17, 15) is 0 Å². The van der Waals surface area contributed by atoms with Gasteiger partial charge in [0, 0.05) is 30.2 Å². The van der Waals surface area contributed by atoms with Crippen LogP contribution in [0.5, 0.6) is 0 Å². The number of aliphatic imine (C=N–C) groups is 1. The van der Waals surface area contributed by atoms with Crippen molar-refractivity contribution >= 4 is 17.6 Å². The van der Waals surface area contributed by atoms with E-state index in [1.54, 1.807) is 0 Å². The topological polar surface area (TPSA) is 48.5 Å². The fourth-order valence-electron chi connectivity index (χ4n) is 1.72. The quantitative estimate of drug-likeness (QED) is 0.430. The van der Waals surface area contributed by atoms with E-state index in [-0.39, 0.29) is 5.54 Å². The highest BCUT2D eigenvalue weighted by molar-refractivity contribution is 6.30. The molecule has 0 heterocycles. The Morgan fingerprint density at radius 3 is 2.33 bits per heavy atom. The summed E-state index contributed by atoms with van der Waals surface area (Å²) in [7, 11) is 0. The standard InChI is InChI=1S/C16H27ClN4/c1-5-18-15(19-10-11-21-16(2,3)4)20-12-13-6-8-14(17)9-7-13/h6-9,21H,5,10-12H2,1-4H3,(H2,18,19,20). The Hall–Kier alpha value is -1.26. The maximum atomic E-state index is 5.88. The van der Waals surface area contributed by atoms with Crippen molar-refractivity contribution in [2.45, 2.75) is 39.8 Å². The number of halogens is 1. The van der Waals surface area contributed by atoms with Crippen LogP contribution in [0.4, 0.5) is 0 Å². The highest BCUT2D eigenvalue weighted by Gasteiger charge is 2.07. The molecule has 0 amide bonds. The van der Waals surface area contributed by atoms with Gasteiger partial charge in [-0.3, -0.25) is 0 Å². The summed E-state index contributed by atoms with van der Waals surface area (Å²) in [6.07, 6.45) is 0. The van der Waals surface area contributed by atoms with Gasteiger partial charge in [-0.15, -0.1) is 0 Å². The van der Waals surface area contributed by atoms with E-state index in [0.29, 0.717) is 6.54 Å². The molecule has 1 rings (SSSR count). The number of hydrogen-bond donors (Lipinski definition) is 3. The summed E-state index contributed by atoms with van der Waals surface area (Å²) in [5, 5.41) is 10.8. The summed E-state index contributed by atoms with van der Waals surface area (Å²) in [6.45, 7) is 11.8. The monoisotopic (exact) mass is 310 g/mol. The van der Waals surface area contributed by atoms with E-state index in [2.05, 4.69) is 48.6 Å². The van der Waals surface area contributed by atoms with Gasteiger partial charge < -0.3 is 16.0 Å². The summed E-state index contributed by atoms with van der Waals surface area (Å²) in [5.74, 6) is 0.836. The Morgan fingerprint density at radius 2 is 1.76 bits per heavy atom. The van der Waals surface area contributed by atoms with Crippen molar-refractivity contribution in [3.8, 4) is 0 Å². The zero-order valence-electron chi connectivity index (χ0n) is 13.5. The zero-order valence-corrected chi connectivity index (χ0v) is 14.2. The first-order chi connectivity index (χ1) is 9.90. The molecule has 0 aromatic heterocycles. The molecule has 1 aromatic carbocycles. The lowest BCUT2D eigenvalue weighted by Crippen LogP contribution is -2.44.